The second-order valence-electron chi connectivity index (χ2n) is 5.11. The molecule has 0 aliphatic heterocycles. The third-order valence-corrected chi connectivity index (χ3v) is 4.21. The van der Waals surface area contributed by atoms with Crippen LogP contribution >= 0.6 is 11.3 Å². The lowest BCUT2D eigenvalue weighted by Gasteiger charge is -2.22. The molecular formula is C15H16N2O2S. The number of anilines is 1. The highest BCUT2D eigenvalue weighted by molar-refractivity contribution is 7.10. The average molecular weight is 288 g/mol. The van der Waals surface area contributed by atoms with Crippen LogP contribution in [-0.4, -0.2) is 4.98 Å². The highest BCUT2D eigenvalue weighted by atomic mass is 32.1. The van der Waals surface area contributed by atoms with Crippen molar-refractivity contribution >= 4 is 28.1 Å². The first-order valence-corrected chi connectivity index (χ1v) is 7.44. The third kappa shape index (κ3) is 2.49. The molecule has 2 aromatic heterocycles. The number of hydrogen-bond acceptors (Lipinski definition) is 4. The van der Waals surface area contributed by atoms with Crippen molar-refractivity contribution in [2.24, 2.45) is 5.92 Å². The van der Waals surface area contributed by atoms with Gasteiger partial charge in [0.1, 0.15) is 0 Å². The van der Waals surface area contributed by atoms with Gasteiger partial charge in [-0.05, 0) is 35.6 Å². The first-order chi connectivity index (χ1) is 9.63. The van der Waals surface area contributed by atoms with Gasteiger partial charge in [-0.3, -0.25) is 4.98 Å². The van der Waals surface area contributed by atoms with Gasteiger partial charge >= 0.3 is 5.76 Å². The number of rotatable bonds is 4. The van der Waals surface area contributed by atoms with E-state index in [0.717, 1.165) is 5.69 Å². The van der Waals surface area contributed by atoms with E-state index in [1.807, 2.05) is 12.1 Å². The molecule has 5 heteroatoms. The summed E-state index contributed by atoms with van der Waals surface area (Å²) in [6.07, 6.45) is 0. The molecule has 3 rings (SSSR count). The Kier molecular flexibility index (Phi) is 3.36. The van der Waals surface area contributed by atoms with E-state index in [9.17, 15) is 4.79 Å². The monoisotopic (exact) mass is 288 g/mol. The first-order valence-electron chi connectivity index (χ1n) is 6.56. The molecule has 0 bridgehead atoms. The highest BCUT2D eigenvalue weighted by Crippen LogP contribution is 2.30. The number of hydrogen-bond donors (Lipinski definition) is 2. The Morgan fingerprint density at radius 2 is 2.15 bits per heavy atom. The number of oxazole rings is 1. The van der Waals surface area contributed by atoms with Crippen LogP contribution in [0.1, 0.15) is 24.8 Å². The molecule has 0 amide bonds. The van der Waals surface area contributed by atoms with Crippen LogP contribution in [0.2, 0.25) is 0 Å². The normalized spacial score (nSPS) is 12.9. The summed E-state index contributed by atoms with van der Waals surface area (Å²) < 4.78 is 5.01. The smallest absolute Gasteiger partial charge is 0.408 e. The van der Waals surface area contributed by atoms with Crippen molar-refractivity contribution in [3.63, 3.8) is 0 Å². The summed E-state index contributed by atoms with van der Waals surface area (Å²) in [7, 11) is 0. The van der Waals surface area contributed by atoms with Gasteiger partial charge in [-0.2, -0.15) is 0 Å². The lowest BCUT2D eigenvalue weighted by atomic mass is 10.0. The number of thiophene rings is 1. The molecule has 104 valence electrons. The molecule has 0 aliphatic carbocycles. The Hall–Kier alpha value is -2.01. The lowest BCUT2D eigenvalue weighted by molar-refractivity contribution is 0.553. The maximum atomic E-state index is 11.2. The Balaban J connectivity index is 1.92. The summed E-state index contributed by atoms with van der Waals surface area (Å²) in [4.78, 5) is 15.2. The summed E-state index contributed by atoms with van der Waals surface area (Å²) in [5.41, 5.74) is 2.27. The second kappa shape index (κ2) is 5.17. The topological polar surface area (TPSA) is 58.0 Å². The van der Waals surface area contributed by atoms with Gasteiger partial charge in [-0.15, -0.1) is 11.3 Å². The van der Waals surface area contributed by atoms with E-state index in [0.29, 0.717) is 17.0 Å². The van der Waals surface area contributed by atoms with Gasteiger partial charge in [0.05, 0.1) is 11.6 Å². The van der Waals surface area contributed by atoms with Crippen molar-refractivity contribution in [1.29, 1.82) is 0 Å². The van der Waals surface area contributed by atoms with Gasteiger partial charge in [-0.1, -0.05) is 19.9 Å². The zero-order valence-electron chi connectivity index (χ0n) is 11.3. The van der Waals surface area contributed by atoms with Gasteiger partial charge in [0.25, 0.3) is 0 Å². The van der Waals surface area contributed by atoms with E-state index in [1.54, 1.807) is 17.4 Å². The molecule has 0 saturated heterocycles. The minimum absolute atomic E-state index is 0.256. The number of fused-ring (bicyclic) bond motifs is 1. The summed E-state index contributed by atoms with van der Waals surface area (Å²) in [5, 5.41) is 5.62. The van der Waals surface area contributed by atoms with Crippen LogP contribution in [0.25, 0.3) is 11.1 Å². The number of aromatic amines is 1. The molecule has 0 aliphatic rings. The van der Waals surface area contributed by atoms with Gasteiger partial charge in [-0.25, -0.2) is 4.79 Å². The summed E-state index contributed by atoms with van der Waals surface area (Å²) in [6, 6.07) is 10.1. The van der Waals surface area contributed by atoms with Crippen LogP contribution in [0.4, 0.5) is 5.69 Å². The van der Waals surface area contributed by atoms with Crippen molar-refractivity contribution < 1.29 is 4.42 Å². The third-order valence-electron chi connectivity index (χ3n) is 3.26. The molecule has 2 N–H and O–H groups in total. The number of H-pyrrole nitrogens is 1. The zero-order chi connectivity index (χ0) is 14.1. The molecule has 1 aromatic carbocycles. The van der Waals surface area contributed by atoms with Crippen LogP contribution in [0.3, 0.4) is 0 Å². The van der Waals surface area contributed by atoms with E-state index in [1.165, 1.54) is 4.88 Å². The number of aromatic nitrogens is 1. The Bertz CT molecular complexity index is 756. The van der Waals surface area contributed by atoms with Crippen molar-refractivity contribution in [2.45, 2.75) is 19.9 Å². The quantitative estimate of drug-likeness (QED) is 0.763. The standard InChI is InChI=1S/C15H16N2O2S/c1-9(2)14(13-4-3-7-20-13)16-10-5-6-12-11(8-10)17-15(18)19-12/h3-9,14,16H,1-2H3,(H,17,18). The molecule has 0 radical (unpaired) electrons. The van der Waals surface area contributed by atoms with Crippen LogP contribution in [0.5, 0.6) is 0 Å². The van der Waals surface area contributed by atoms with E-state index in [4.69, 9.17) is 4.42 Å². The number of nitrogens with one attached hydrogen (secondary N) is 2. The average Bonchev–Trinajstić information content (AvgIpc) is 3.02. The van der Waals surface area contributed by atoms with Crippen molar-refractivity contribution in [3.8, 4) is 0 Å². The van der Waals surface area contributed by atoms with Crippen molar-refractivity contribution in [1.82, 2.24) is 4.98 Å². The maximum Gasteiger partial charge on any atom is 0.417 e. The maximum absolute atomic E-state index is 11.2. The van der Waals surface area contributed by atoms with E-state index in [-0.39, 0.29) is 6.04 Å². The fourth-order valence-corrected chi connectivity index (χ4v) is 3.21. The van der Waals surface area contributed by atoms with Crippen molar-refractivity contribution in [3.05, 3.63) is 51.1 Å². The minimum atomic E-state index is -0.421. The van der Waals surface area contributed by atoms with Gasteiger partial charge in [0, 0.05) is 10.6 Å². The SMILES string of the molecule is CC(C)C(Nc1ccc2oc(=O)[nH]c2c1)c1cccs1. The molecule has 1 unspecified atom stereocenters. The summed E-state index contributed by atoms with van der Waals surface area (Å²) in [6.45, 7) is 4.38. The summed E-state index contributed by atoms with van der Waals surface area (Å²) >= 11 is 1.75. The van der Waals surface area contributed by atoms with Gasteiger partial charge < -0.3 is 9.73 Å². The molecule has 3 aromatic rings. The fourth-order valence-electron chi connectivity index (χ4n) is 2.26. The fraction of sp³-hybridized carbons (Fsp3) is 0.267. The molecule has 0 spiro atoms. The van der Waals surface area contributed by atoms with E-state index in [2.05, 4.69) is 41.7 Å². The van der Waals surface area contributed by atoms with Crippen LogP contribution in [0, 0.1) is 5.92 Å². The van der Waals surface area contributed by atoms with E-state index >= 15 is 0 Å². The van der Waals surface area contributed by atoms with Crippen LogP contribution in [0.15, 0.2) is 44.9 Å². The van der Waals surface area contributed by atoms with Gasteiger partial charge in [0.15, 0.2) is 5.58 Å². The van der Waals surface area contributed by atoms with Crippen LogP contribution in [-0.2, 0) is 0 Å². The number of benzene rings is 1. The summed E-state index contributed by atoms with van der Waals surface area (Å²) in [5.74, 6) is 0.0450. The highest BCUT2D eigenvalue weighted by Gasteiger charge is 2.16. The predicted octanol–water partition coefficient (Wildman–Crippen LogP) is 3.99. The second-order valence-corrected chi connectivity index (χ2v) is 6.09. The minimum Gasteiger partial charge on any atom is -0.408 e. The van der Waals surface area contributed by atoms with E-state index < -0.39 is 5.76 Å². The molecular weight excluding hydrogens is 272 g/mol. The van der Waals surface area contributed by atoms with Crippen molar-refractivity contribution in [2.75, 3.05) is 5.32 Å². The predicted molar refractivity (Wildman–Crippen MR) is 82.4 cm³/mol. The molecule has 4 nitrogen and oxygen atoms in total. The largest absolute Gasteiger partial charge is 0.417 e. The molecule has 20 heavy (non-hydrogen) atoms. The lowest BCUT2D eigenvalue weighted by Crippen LogP contribution is -2.15. The Labute approximate surface area is 120 Å². The molecule has 1 atom stereocenters. The Morgan fingerprint density at radius 1 is 1.30 bits per heavy atom. The van der Waals surface area contributed by atoms with Crippen LogP contribution < -0.4 is 11.1 Å². The molecule has 0 fully saturated rings. The molecule has 2 heterocycles. The Morgan fingerprint density at radius 3 is 2.85 bits per heavy atom. The van der Waals surface area contributed by atoms with Gasteiger partial charge in [0.2, 0.25) is 0 Å². The molecule has 0 saturated carbocycles. The zero-order valence-corrected chi connectivity index (χ0v) is 12.2. The first kappa shape index (κ1) is 13.0.